The number of nitrogens with two attached hydrogens (primary N) is 1. The Morgan fingerprint density at radius 3 is 2.71 bits per heavy atom. The number of ether oxygens (including phenoxy) is 1. The summed E-state index contributed by atoms with van der Waals surface area (Å²) in [6.07, 6.45) is 0.696. The van der Waals surface area contributed by atoms with Crippen LogP contribution in [0.3, 0.4) is 0 Å². The van der Waals surface area contributed by atoms with E-state index in [0.717, 1.165) is 11.1 Å². The van der Waals surface area contributed by atoms with Crippen LogP contribution in [-0.2, 0) is 6.54 Å². The number of non-ortho nitro benzene ring substituents is 1. The number of hydrogen-bond donors (Lipinski definition) is 1. The molecule has 0 fully saturated rings. The molecule has 0 aliphatic heterocycles. The topological polar surface area (TPSA) is 96.2 Å². The summed E-state index contributed by atoms with van der Waals surface area (Å²) < 4.78 is 7.48. The molecule has 3 rings (SSSR count). The van der Waals surface area contributed by atoms with Crippen molar-refractivity contribution in [3.63, 3.8) is 0 Å². The highest BCUT2D eigenvalue weighted by Gasteiger charge is 2.16. The van der Waals surface area contributed by atoms with Gasteiger partial charge in [-0.15, -0.1) is 5.10 Å². The van der Waals surface area contributed by atoms with Gasteiger partial charge in [0.2, 0.25) is 5.88 Å². The molecule has 0 aliphatic carbocycles. The highest BCUT2D eigenvalue weighted by molar-refractivity contribution is 5.86. The Balaban J connectivity index is 2.00. The van der Waals surface area contributed by atoms with Gasteiger partial charge in [0.25, 0.3) is 5.69 Å². The zero-order chi connectivity index (χ0) is 16.9. The van der Waals surface area contributed by atoms with Crippen LogP contribution in [0.2, 0.25) is 0 Å². The average molecular weight is 326 g/mol. The first-order valence-corrected chi connectivity index (χ1v) is 7.71. The lowest BCUT2D eigenvalue weighted by atomic mass is 10.2. The van der Waals surface area contributed by atoms with E-state index in [1.165, 1.54) is 12.1 Å². The normalized spacial score (nSPS) is 10.9. The number of fused-ring (bicyclic) bond motifs is 1. The summed E-state index contributed by atoms with van der Waals surface area (Å²) in [4.78, 5) is 10.6. The minimum atomic E-state index is -0.419. The van der Waals surface area contributed by atoms with Gasteiger partial charge in [0.1, 0.15) is 0 Å². The predicted molar refractivity (Wildman–Crippen MR) is 91.1 cm³/mol. The van der Waals surface area contributed by atoms with Crippen molar-refractivity contribution in [2.45, 2.75) is 13.0 Å². The Morgan fingerprint density at radius 1 is 1.21 bits per heavy atom. The summed E-state index contributed by atoms with van der Waals surface area (Å²) in [6.45, 7) is 1.51. The Labute approximate surface area is 138 Å². The standard InChI is InChI=1S/C17H18N4O3/c18-9-4-10-24-17-15-11-14(21(22)23)7-8-16(15)20(19-17)12-13-5-2-1-3-6-13/h1-3,5-8,11H,4,9-10,12,18H2. The van der Waals surface area contributed by atoms with Gasteiger partial charge in [-0.3, -0.25) is 14.8 Å². The van der Waals surface area contributed by atoms with Gasteiger partial charge in [0, 0.05) is 12.1 Å². The van der Waals surface area contributed by atoms with Crippen molar-refractivity contribution in [1.82, 2.24) is 9.78 Å². The second-order valence-corrected chi connectivity index (χ2v) is 5.40. The van der Waals surface area contributed by atoms with E-state index in [2.05, 4.69) is 5.10 Å². The summed E-state index contributed by atoms with van der Waals surface area (Å²) in [5, 5.41) is 16.2. The van der Waals surface area contributed by atoms with E-state index in [1.807, 2.05) is 30.3 Å². The van der Waals surface area contributed by atoms with E-state index in [0.29, 0.717) is 37.4 Å². The first-order valence-electron chi connectivity index (χ1n) is 7.71. The Bertz CT molecular complexity index is 846. The van der Waals surface area contributed by atoms with E-state index in [4.69, 9.17) is 10.5 Å². The van der Waals surface area contributed by atoms with Crippen LogP contribution in [-0.4, -0.2) is 27.9 Å². The molecule has 2 aromatic carbocycles. The van der Waals surface area contributed by atoms with Gasteiger partial charge in [0.15, 0.2) is 0 Å². The lowest BCUT2D eigenvalue weighted by Crippen LogP contribution is -2.07. The molecular formula is C17H18N4O3. The minimum absolute atomic E-state index is 0.0189. The molecule has 7 nitrogen and oxygen atoms in total. The van der Waals surface area contributed by atoms with E-state index < -0.39 is 4.92 Å². The Hall–Kier alpha value is -2.93. The lowest BCUT2D eigenvalue weighted by molar-refractivity contribution is -0.384. The van der Waals surface area contributed by atoms with Crippen LogP contribution in [0.5, 0.6) is 5.88 Å². The summed E-state index contributed by atoms with van der Waals surface area (Å²) in [6, 6.07) is 14.6. The zero-order valence-electron chi connectivity index (χ0n) is 13.1. The second kappa shape index (κ2) is 7.10. The molecule has 0 amide bonds. The van der Waals surface area contributed by atoms with Crippen molar-refractivity contribution >= 4 is 16.6 Å². The van der Waals surface area contributed by atoms with Crippen molar-refractivity contribution in [2.75, 3.05) is 13.2 Å². The van der Waals surface area contributed by atoms with Gasteiger partial charge in [-0.1, -0.05) is 30.3 Å². The molecule has 124 valence electrons. The van der Waals surface area contributed by atoms with E-state index in [9.17, 15) is 10.1 Å². The molecule has 0 spiro atoms. The van der Waals surface area contributed by atoms with Crippen molar-refractivity contribution in [3.8, 4) is 5.88 Å². The third kappa shape index (κ3) is 3.36. The van der Waals surface area contributed by atoms with Gasteiger partial charge in [-0.25, -0.2) is 0 Å². The maximum Gasteiger partial charge on any atom is 0.270 e. The van der Waals surface area contributed by atoms with E-state index >= 15 is 0 Å². The van der Waals surface area contributed by atoms with Crippen molar-refractivity contribution in [3.05, 3.63) is 64.2 Å². The van der Waals surface area contributed by atoms with Gasteiger partial charge in [0.05, 0.1) is 29.0 Å². The van der Waals surface area contributed by atoms with E-state index in [-0.39, 0.29) is 5.69 Å². The highest BCUT2D eigenvalue weighted by atomic mass is 16.6. The van der Waals surface area contributed by atoms with Crippen LogP contribution < -0.4 is 10.5 Å². The number of nitrogens with zero attached hydrogens (tertiary/aromatic N) is 3. The molecule has 2 N–H and O–H groups in total. The number of rotatable bonds is 7. The van der Waals surface area contributed by atoms with Gasteiger partial charge in [-0.05, 0) is 24.6 Å². The Kier molecular flexibility index (Phi) is 4.72. The maximum absolute atomic E-state index is 11.0. The molecule has 0 saturated heterocycles. The molecule has 7 heteroatoms. The number of hydrogen-bond acceptors (Lipinski definition) is 5. The molecule has 3 aromatic rings. The van der Waals surface area contributed by atoms with E-state index in [1.54, 1.807) is 10.7 Å². The van der Waals surface area contributed by atoms with Gasteiger partial charge in [-0.2, -0.15) is 0 Å². The SMILES string of the molecule is NCCCOc1nn(Cc2ccccc2)c2ccc([N+](=O)[O-])cc12. The highest BCUT2D eigenvalue weighted by Crippen LogP contribution is 2.29. The maximum atomic E-state index is 11.0. The van der Waals surface area contributed by atoms with Crippen LogP contribution >= 0.6 is 0 Å². The van der Waals surface area contributed by atoms with Crippen LogP contribution in [0.15, 0.2) is 48.5 Å². The third-order valence-electron chi connectivity index (χ3n) is 3.67. The zero-order valence-corrected chi connectivity index (χ0v) is 13.1. The van der Waals surface area contributed by atoms with Gasteiger partial charge >= 0.3 is 0 Å². The van der Waals surface area contributed by atoms with Crippen molar-refractivity contribution in [2.24, 2.45) is 5.73 Å². The average Bonchev–Trinajstić information content (AvgIpc) is 2.93. The summed E-state index contributed by atoms with van der Waals surface area (Å²) in [7, 11) is 0. The molecule has 0 atom stereocenters. The Morgan fingerprint density at radius 2 is 2.00 bits per heavy atom. The first-order chi connectivity index (χ1) is 11.7. The van der Waals surface area contributed by atoms with Crippen LogP contribution in [0.1, 0.15) is 12.0 Å². The quantitative estimate of drug-likeness (QED) is 0.409. The number of aromatic nitrogens is 2. The van der Waals surface area contributed by atoms with Crippen LogP contribution in [0.4, 0.5) is 5.69 Å². The van der Waals surface area contributed by atoms with Crippen molar-refractivity contribution < 1.29 is 9.66 Å². The fourth-order valence-corrected chi connectivity index (χ4v) is 2.49. The van der Waals surface area contributed by atoms with Crippen LogP contribution in [0, 0.1) is 10.1 Å². The smallest absolute Gasteiger partial charge is 0.270 e. The predicted octanol–water partition coefficient (Wildman–Crippen LogP) is 2.72. The van der Waals surface area contributed by atoms with Crippen molar-refractivity contribution in [1.29, 1.82) is 0 Å². The number of benzene rings is 2. The second-order valence-electron chi connectivity index (χ2n) is 5.40. The van der Waals surface area contributed by atoms with Gasteiger partial charge < -0.3 is 10.5 Å². The number of nitro groups is 1. The molecular weight excluding hydrogens is 308 g/mol. The molecule has 0 bridgehead atoms. The molecule has 1 heterocycles. The lowest BCUT2D eigenvalue weighted by Gasteiger charge is -2.03. The molecule has 24 heavy (non-hydrogen) atoms. The summed E-state index contributed by atoms with van der Waals surface area (Å²) >= 11 is 0. The molecule has 0 saturated carbocycles. The summed E-state index contributed by atoms with van der Waals surface area (Å²) in [5.74, 6) is 0.401. The largest absolute Gasteiger partial charge is 0.476 e. The molecule has 0 radical (unpaired) electrons. The fourth-order valence-electron chi connectivity index (χ4n) is 2.49. The minimum Gasteiger partial charge on any atom is -0.476 e. The first kappa shape index (κ1) is 15.9. The molecule has 0 aliphatic rings. The third-order valence-corrected chi connectivity index (χ3v) is 3.67. The number of nitro benzene ring substituents is 1. The summed E-state index contributed by atoms with van der Waals surface area (Å²) in [5.41, 5.74) is 7.39. The molecule has 0 unspecified atom stereocenters. The fraction of sp³-hybridized carbons (Fsp3) is 0.235. The molecule has 1 aromatic heterocycles. The monoisotopic (exact) mass is 326 g/mol. The van der Waals surface area contributed by atoms with Crippen LogP contribution in [0.25, 0.3) is 10.9 Å².